The highest BCUT2D eigenvalue weighted by molar-refractivity contribution is 5.11. The largest absolute Gasteiger partial charge is 0.193 e. The number of nitrogens with zero attached hydrogens (tertiary/aromatic N) is 2. The summed E-state index contributed by atoms with van der Waals surface area (Å²) in [5.74, 6) is 0.904. The minimum Gasteiger partial charge on any atom is -0.193 e. The van der Waals surface area contributed by atoms with Gasteiger partial charge in [-0.1, -0.05) is 25.0 Å². The standard InChI is InChI=1S/C12H14N2/c13-9-3-7-11-5-1-2-6-12(11)8-4-10-14/h3-4,7-8,11-12H,1-2,5-6H2/b7-3+,8-4+. The van der Waals surface area contributed by atoms with Gasteiger partial charge in [0.05, 0.1) is 12.1 Å². The fraction of sp³-hybridized carbons (Fsp3) is 0.500. The highest BCUT2D eigenvalue weighted by Gasteiger charge is 2.20. The zero-order valence-corrected chi connectivity index (χ0v) is 8.19. The van der Waals surface area contributed by atoms with Gasteiger partial charge in [0.1, 0.15) is 0 Å². The second kappa shape index (κ2) is 6.00. The van der Waals surface area contributed by atoms with E-state index in [9.17, 15) is 0 Å². The molecule has 14 heavy (non-hydrogen) atoms. The van der Waals surface area contributed by atoms with E-state index < -0.39 is 0 Å². The molecule has 0 N–H and O–H groups in total. The molecule has 2 atom stereocenters. The molecule has 0 aromatic carbocycles. The number of rotatable bonds is 2. The first-order chi connectivity index (χ1) is 6.88. The van der Waals surface area contributed by atoms with Gasteiger partial charge in [0, 0.05) is 12.2 Å². The molecule has 1 aliphatic carbocycles. The van der Waals surface area contributed by atoms with Gasteiger partial charge < -0.3 is 0 Å². The van der Waals surface area contributed by atoms with Crippen molar-refractivity contribution in [2.75, 3.05) is 0 Å². The van der Waals surface area contributed by atoms with Gasteiger partial charge in [-0.15, -0.1) is 0 Å². The SMILES string of the molecule is N#C/C=C/C1CCCCC1/C=C/C#N. The normalized spacial score (nSPS) is 27.6. The van der Waals surface area contributed by atoms with E-state index in [0.717, 1.165) is 12.8 Å². The van der Waals surface area contributed by atoms with Gasteiger partial charge in [-0.3, -0.25) is 0 Å². The quantitative estimate of drug-likeness (QED) is 0.622. The van der Waals surface area contributed by atoms with Crippen LogP contribution < -0.4 is 0 Å². The van der Waals surface area contributed by atoms with Crippen molar-refractivity contribution in [2.45, 2.75) is 25.7 Å². The first kappa shape index (κ1) is 10.5. The maximum absolute atomic E-state index is 8.45. The van der Waals surface area contributed by atoms with Crippen LogP contribution in [0.4, 0.5) is 0 Å². The Hall–Kier alpha value is -1.54. The molecule has 72 valence electrons. The van der Waals surface area contributed by atoms with E-state index in [1.165, 1.54) is 12.8 Å². The second-order valence-electron chi connectivity index (χ2n) is 3.59. The van der Waals surface area contributed by atoms with Crippen LogP contribution in [0.15, 0.2) is 24.3 Å². The van der Waals surface area contributed by atoms with E-state index in [1.54, 1.807) is 12.2 Å². The van der Waals surface area contributed by atoms with Crippen LogP contribution in [0, 0.1) is 34.5 Å². The molecule has 2 nitrogen and oxygen atoms in total. The summed E-state index contributed by atoms with van der Waals surface area (Å²) in [5, 5.41) is 16.9. The van der Waals surface area contributed by atoms with E-state index in [4.69, 9.17) is 10.5 Å². The summed E-state index contributed by atoms with van der Waals surface area (Å²) >= 11 is 0. The third kappa shape index (κ3) is 3.07. The van der Waals surface area contributed by atoms with Gasteiger partial charge in [0.25, 0.3) is 0 Å². The molecule has 0 saturated heterocycles. The number of hydrogen-bond acceptors (Lipinski definition) is 2. The molecule has 0 bridgehead atoms. The molecule has 0 aromatic rings. The molecule has 0 aromatic heterocycles. The van der Waals surface area contributed by atoms with Crippen molar-refractivity contribution >= 4 is 0 Å². The van der Waals surface area contributed by atoms with Crippen molar-refractivity contribution in [3.63, 3.8) is 0 Å². The molecule has 1 rings (SSSR count). The Kier molecular flexibility index (Phi) is 4.51. The number of nitriles is 2. The van der Waals surface area contributed by atoms with Crippen LogP contribution in [-0.2, 0) is 0 Å². The van der Waals surface area contributed by atoms with Crippen molar-refractivity contribution in [3.05, 3.63) is 24.3 Å². The van der Waals surface area contributed by atoms with Crippen molar-refractivity contribution < 1.29 is 0 Å². The molecule has 1 aliphatic rings. The van der Waals surface area contributed by atoms with Gasteiger partial charge in [-0.2, -0.15) is 10.5 Å². The lowest BCUT2D eigenvalue weighted by Gasteiger charge is -2.26. The zero-order chi connectivity index (χ0) is 10.2. The molecule has 0 spiro atoms. The van der Waals surface area contributed by atoms with Gasteiger partial charge in [-0.25, -0.2) is 0 Å². The summed E-state index contributed by atoms with van der Waals surface area (Å²) in [6.07, 6.45) is 11.8. The summed E-state index contributed by atoms with van der Waals surface area (Å²) < 4.78 is 0. The summed E-state index contributed by atoms with van der Waals surface area (Å²) in [6, 6.07) is 4.04. The molecular formula is C12H14N2. The maximum Gasteiger partial charge on any atom is 0.0908 e. The third-order valence-electron chi connectivity index (χ3n) is 2.71. The smallest absolute Gasteiger partial charge is 0.0908 e. The number of hydrogen-bond donors (Lipinski definition) is 0. The first-order valence-electron chi connectivity index (χ1n) is 5.01. The van der Waals surface area contributed by atoms with Crippen molar-refractivity contribution in [1.29, 1.82) is 10.5 Å². The van der Waals surface area contributed by atoms with Crippen molar-refractivity contribution in [3.8, 4) is 12.1 Å². The summed E-state index contributed by atoms with van der Waals surface area (Å²) in [4.78, 5) is 0. The molecular weight excluding hydrogens is 172 g/mol. The fourth-order valence-electron chi connectivity index (χ4n) is 2.00. The Balaban J connectivity index is 2.60. The van der Waals surface area contributed by atoms with E-state index >= 15 is 0 Å². The predicted molar refractivity (Wildman–Crippen MR) is 55.0 cm³/mol. The Morgan fingerprint density at radius 3 is 1.64 bits per heavy atom. The molecule has 2 unspecified atom stereocenters. The van der Waals surface area contributed by atoms with Crippen LogP contribution in [0.1, 0.15) is 25.7 Å². The number of allylic oxidation sites excluding steroid dienone is 4. The van der Waals surface area contributed by atoms with Crippen LogP contribution in [0.5, 0.6) is 0 Å². The van der Waals surface area contributed by atoms with Crippen molar-refractivity contribution in [1.82, 2.24) is 0 Å². The van der Waals surface area contributed by atoms with Gasteiger partial charge in [0.2, 0.25) is 0 Å². The highest BCUT2D eigenvalue weighted by atomic mass is 14.3. The van der Waals surface area contributed by atoms with Crippen LogP contribution in [0.3, 0.4) is 0 Å². The van der Waals surface area contributed by atoms with Crippen LogP contribution in [0.2, 0.25) is 0 Å². The Bertz CT molecular complexity index is 269. The summed E-state index contributed by atoms with van der Waals surface area (Å²) in [7, 11) is 0. The van der Waals surface area contributed by atoms with E-state index in [1.807, 2.05) is 24.3 Å². The monoisotopic (exact) mass is 186 g/mol. The second-order valence-corrected chi connectivity index (χ2v) is 3.59. The van der Waals surface area contributed by atoms with Gasteiger partial charge in [0.15, 0.2) is 0 Å². The lowest BCUT2D eigenvalue weighted by Crippen LogP contribution is -2.15. The molecule has 1 saturated carbocycles. The zero-order valence-electron chi connectivity index (χ0n) is 8.19. The topological polar surface area (TPSA) is 47.6 Å². The molecule has 0 amide bonds. The van der Waals surface area contributed by atoms with Crippen LogP contribution in [0.25, 0.3) is 0 Å². The molecule has 0 aliphatic heterocycles. The fourth-order valence-corrected chi connectivity index (χ4v) is 2.00. The van der Waals surface area contributed by atoms with Gasteiger partial charge >= 0.3 is 0 Å². The minimum atomic E-state index is 0.452. The Morgan fingerprint density at radius 2 is 1.29 bits per heavy atom. The minimum absolute atomic E-state index is 0.452. The van der Waals surface area contributed by atoms with Gasteiger partial charge in [-0.05, 0) is 24.7 Å². The van der Waals surface area contributed by atoms with Crippen LogP contribution >= 0.6 is 0 Å². The first-order valence-corrected chi connectivity index (χ1v) is 5.01. The van der Waals surface area contributed by atoms with Crippen LogP contribution in [-0.4, -0.2) is 0 Å². The summed E-state index contributed by atoms with van der Waals surface area (Å²) in [5.41, 5.74) is 0. The Morgan fingerprint density at radius 1 is 0.857 bits per heavy atom. The third-order valence-corrected chi connectivity index (χ3v) is 2.71. The van der Waals surface area contributed by atoms with E-state index in [2.05, 4.69) is 0 Å². The average molecular weight is 186 g/mol. The molecule has 0 heterocycles. The van der Waals surface area contributed by atoms with Crippen molar-refractivity contribution in [2.24, 2.45) is 11.8 Å². The average Bonchev–Trinajstić information content (AvgIpc) is 2.24. The lowest BCUT2D eigenvalue weighted by atomic mass is 9.79. The highest BCUT2D eigenvalue weighted by Crippen LogP contribution is 2.31. The predicted octanol–water partition coefficient (Wildman–Crippen LogP) is 2.95. The summed E-state index contributed by atoms with van der Waals surface area (Å²) in [6.45, 7) is 0. The maximum atomic E-state index is 8.45. The molecule has 2 heteroatoms. The van der Waals surface area contributed by atoms with E-state index in [0.29, 0.717) is 11.8 Å². The molecule has 1 fully saturated rings. The Labute approximate surface area is 85.2 Å². The van der Waals surface area contributed by atoms with E-state index in [-0.39, 0.29) is 0 Å². The lowest BCUT2D eigenvalue weighted by molar-refractivity contribution is 0.338. The molecule has 0 radical (unpaired) electrons.